The number of aryl methyl sites for hydroxylation is 1. The molecule has 2 N–H and O–H groups in total. The number of carbonyl (C=O) groups is 2. The van der Waals surface area contributed by atoms with Crippen LogP contribution in [0.15, 0.2) is 78.5 Å². The summed E-state index contributed by atoms with van der Waals surface area (Å²) in [6.45, 7) is 1.84. The summed E-state index contributed by atoms with van der Waals surface area (Å²) < 4.78 is 13.1. The van der Waals surface area contributed by atoms with Gasteiger partial charge in [0.2, 0.25) is 0 Å². The first-order valence-corrected chi connectivity index (χ1v) is 9.23. The van der Waals surface area contributed by atoms with E-state index in [1.807, 2.05) is 13.0 Å². The normalized spacial score (nSPS) is 11.0. The largest absolute Gasteiger partial charge is 0.321 e. The third-order valence-corrected chi connectivity index (χ3v) is 4.29. The molecule has 0 aromatic heterocycles. The number of anilines is 1. The van der Waals surface area contributed by atoms with Gasteiger partial charge >= 0.3 is 0 Å². The average molecular weight is 419 g/mol. The molecule has 3 aromatic rings. The molecule has 0 fully saturated rings. The second-order valence-corrected chi connectivity index (χ2v) is 6.69. The molecule has 156 valence electrons. The van der Waals surface area contributed by atoms with Gasteiger partial charge in [-0.2, -0.15) is 0 Å². The number of non-ortho nitro benzene ring substituents is 1. The Kier molecular flexibility index (Phi) is 6.51. The number of halogens is 1. The third kappa shape index (κ3) is 5.83. The first kappa shape index (κ1) is 21.4. The quantitative estimate of drug-likeness (QED) is 0.350. The van der Waals surface area contributed by atoms with Crippen molar-refractivity contribution < 1.29 is 18.9 Å². The molecule has 3 rings (SSSR count). The Hall–Kier alpha value is -4.33. The van der Waals surface area contributed by atoms with Crippen LogP contribution in [0.4, 0.5) is 15.8 Å². The van der Waals surface area contributed by atoms with E-state index in [2.05, 4.69) is 10.6 Å². The van der Waals surface area contributed by atoms with Crippen molar-refractivity contribution in [2.24, 2.45) is 0 Å². The lowest BCUT2D eigenvalue weighted by Gasteiger charge is -2.12. The van der Waals surface area contributed by atoms with Crippen LogP contribution >= 0.6 is 0 Å². The summed E-state index contributed by atoms with van der Waals surface area (Å²) in [6.07, 6.45) is 1.40. The van der Waals surface area contributed by atoms with Gasteiger partial charge in [-0.25, -0.2) is 4.39 Å². The second-order valence-electron chi connectivity index (χ2n) is 6.69. The average Bonchev–Trinajstić information content (AvgIpc) is 2.75. The summed E-state index contributed by atoms with van der Waals surface area (Å²) in [5, 5.41) is 16.0. The lowest BCUT2D eigenvalue weighted by atomic mass is 10.1. The van der Waals surface area contributed by atoms with Gasteiger partial charge in [0.25, 0.3) is 17.5 Å². The van der Waals surface area contributed by atoms with E-state index in [1.165, 1.54) is 54.6 Å². The van der Waals surface area contributed by atoms with Gasteiger partial charge in [-0.05, 0) is 67.1 Å². The summed E-state index contributed by atoms with van der Waals surface area (Å²) in [7, 11) is 0. The number of nitro benzene ring substituents is 1. The first-order valence-electron chi connectivity index (χ1n) is 9.23. The number of benzene rings is 3. The predicted molar refractivity (Wildman–Crippen MR) is 115 cm³/mol. The van der Waals surface area contributed by atoms with Gasteiger partial charge in [0.05, 0.1) is 4.92 Å². The van der Waals surface area contributed by atoms with Crippen molar-refractivity contribution in [2.75, 3.05) is 5.32 Å². The van der Waals surface area contributed by atoms with Crippen LogP contribution in [0.3, 0.4) is 0 Å². The van der Waals surface area contributed by atoms with Gasteiger partial charge in [-0.3, -0.25) is 19.7 Å². The van der Waals surface area contributed by atoms with Crippen LogP contribution in [-0.4, -0.2) is 16.7 Å². The minimum atomic E-state index is -0.633. The van der Waals surface area contributed by atoms with Crippen LogP contribution in [-0.2, 0) is 4.79 Å². The molecular formula is C23H18FN3O4. The maximum absolute atomic E-state index is 13.1. The maximum atomic E-state index is 13.1. The highest BCUT2D eigenvalue weighted by molar-refractivity contribution is 6.10. The zero-order valence-corrected chi connectivity index (χ0v) is 16.5. The van der Waals surface area contributed by atoms with Gasteiger partial charge in [0, 0.05) is 23.4 Å². The molecule has 0 spiro atoms. The van der Waals surface area contributed by atoms with Crippen molar-refractivity contribution in [3.8, 4) is 0 Å². The van der Waals surface area contributed by atoms with Crippen molar-refractivity contribution in [3.63, 3.8) is 0 Å². The van der Waals surface area contributed by atoms with E-state index in [0.717, 1.165) is 5.56 Å². The van der Waals surface area contributed by atoms with E-state index in [4.69, 9.17) is 0 Å². The van der Waals surface area contributed by atoms with Crippen molar-refractivity contribution in [1.29, 1.82) is 0 Å². The van der Waals surface area contributed by atoms with Crippen LogP contribution in [0.1, 0.15) is 21.5 Å². The van der Waals surface area contributed by atoms with Crippen molar-refractivity contribution in [3.05, 3.63) is 111 Å². The second kappa shape index (κ2) is 9.45. The zero-order chi connectivity index (χ0) is 22.4. The van der Waals surface area contributed by atoms with E-state index in [9.17, 15) is 24.1 Å². The molecule has 0 aliphatic rings. The van der Waals surface area contributed by atoms with Crippen molar-refractivity contribution in [1.82, 2.24) is 5.32 Å². The number of rotatable bonds is 6. The SMILES string of the molecule is Cc1cccc(C(=O)N/C(=C\c2ccc([N+](=O)[O-])cc2)C(=O)Nc2ccc(F)cc2)c1. The number of nitrogens with one attached hydrogen (secondary N) is 2. The fraction of sp³-hybridized carbons (Fsp3) is 0.0435. The number of hydrogen-bond acceptors (Lipinski definition) is 4. The van der Waals surface area contributed by atoms with Gasteiger partial charge in [0.1, 0.15) is 11.5 Å². The van der Waals surface area contributed by atoms with E-state index < -0.39 is 22.6 Å². The molecule has 0 bridgehead atoms. The minimum Gasteiger partial charge on any atom is -0.321 e. The Morgan fingerprint density at radius 1 is 1.00 bits per heavy atom. The Morgan fingerprint density at radius 3 is 2.29 bits per heavy atom. The molecule has 31 heavy (non-hydrogen) atoms. The van der Waals surface area contributed by atoms with Crippen LogP contribution in [0.2, 0.25) is 0 Å². The van der Waals surface area contributed by atoms with Gasteiger partial charge in [-0.1, -0.05) is 17.7 Å². The summed E-state index contributed by atoms with van der Waals surface area (Å²) in [5.41, 5.74) is 1.88. The third-order valence-electron chi connectivity index (χ3n) is 4.29. The zero-order valence-electron chi connectivity index (χ0n) is 16.5. The molecule has 0 saturated heterocycles. The molecule has 3 aromatic carbocycles. The van der Waals surface area contributed by atoms with Gasteiger partial charge in [-0.15, -0.1) is 0 Å². The number of nitrogens with zero attached hydrogens (tertiary/aromatic N) is 1. The summed E-state index contributed by atoms with van der Waals surface area (Å²) in [6, 6.07) is 17.5. The molecule has 0 aliphatic carbocycles. The number of carbonyl (C=O) groups excluding carboxylic acids is 2. The van der Waals surface area contributed by atoms with Crippen molar-refractivity contribution in [2.45, 2.75) is 6.92 Å². The highest BCUT2D eigenvalue weighted by Gasteiger charge is 2.16. The number of amides is 2. The van der Waals surface area contributed by atoms with E-state index in [-0.39, 0.29) is 11.4 Å². The van der Waals surface area contributed by atoms with Crippen molar-refractivity contribution >= 4 is 29.3 Å². The maximum Gasteiger partial charge on any atom is 0.272 e. The molecule has 8 heteroatoms. The highest BCUT2D eigenvalue weighted by Crippen LogP contribution is 2.16. The topological polar surface area (TPSA) is 101 Å². The Labute approximate surface area is 177 Å². The van der Waals surface area contributed by atoms with Crippen LogP contribution in [0.5, 0.6) is 0 Å². The lowest BCUT2D eigenvalue weighted by molar-refractivity contribution is -0.384. The summed E-state index contributed by atoms with van der Waals surface area (Å²) in [5.74, 6) is -1.58. The monoisotopic (exact) mass is 419 g/mol. The molecule has 0 heterocycles. The molecule has 7 nitrogen and oxygen atoms in total. The Balaban J connectivity index is 1.90. The molecule has 0 radical (unpaired) electrons. The fourth-order valence-electron chi connectivity index (χ4n) is 2.73. The predicted octanol–water partition coefficient (Wildman–Crippen LogP) is 4.45. The molecule has 0 unspecified atom stereocenters. The summed E-state index contributed by atoms with van der Waals surface area (Å²) >= 11 is 0. The fourth-order valence-corrected chi connectivity index (χ4v) is 2.73. The van der Waals surface area contributed by atoms with E-state index in [0.29, 0.717) is 16.8 Å². The van der Waals surface area contributed by atoms with Crippen LogP contribution < -0.4 is 10.6 Å². The van der Waals surface area contributed by atoms with Gasteiger partial charge < -0.3 is 10.6 Å². The standard InChI is InChI=1S/C23H18FN3O4/c1-15-3-2-4-17(13-15)22(28)26-21(14-16-5-11-20(12-6-16)27(30)31)23(29)25-19-9-7-18(24)8-10-19/h2-14H,1H3,(H,25,29)(H,26,28)/b21-14-. The highest BCUT2D eigenvalue weighted by atomic mass is 19.1. The Morgan fingerprint density at radius 2 is 1.68 bits per heavy atom. The first-order chi connectivity index (χ1) is 14.8. The van der Waals surface area contributed by atoms with Gasteiger partial charge in [0.15, 0.2) is 0 Å². The van der Waals surface area contributed by atoms with Crippen LogP contribution in [0, 0.1) is 22.9 Å². The lowest BCUT2D eigenvalue weighted by Crippen LogP contribution is -2.30. The van der Waals surface area contributed by atoms with Crippen LogP contribution in [0.25, 0.3) is 6.08 Å². The molecular weight excluding hydrogens is 401 g/mol. The molecule has 2 amide bonds. The molecule has 0 atom stereocenters. The molecule has 0 aliphatic heterocycles. The minimum absolute atomic E-state index is 0.0790. The Bertz CT molecular complexity index is 1160. The van der Waals surface area contributed by atoms with E-state index >= 15 is 0 Å². The molecule has 0 saturated carbocycles. The summed E-state index contributed by atoms with van der Waals surface area (Å²) in [4.78, 5) is 35.8. The smallest absolute Gasteiger partial charge is 0.272 e. The number of nitro groups is 1. The van der Waals surface area contributed by atoms with E-state index in [1.54, 1.807) is 18.2 Å². The number of hydrogen-bond donors (Lipinski definition) is 2.